The SMILES string of the molecule is CC(C)(C)c1cc(CC2(O)CCCCCCC2=O)cc(C(C)(C)C)c1. The quantitative estimate of drug-likeness (QED) is 0.771. The van der Waals surface area contributed by atoms with Crippen molar-refractivity contribution in [2.75, 3.05) is 0 Å². The molecule has 1 aromatic carbocycles. The highest BCUT2D eigenvalue weighted by Gasteiger charge is 2.36. The number of aliphatic hydroxyl groups is 1. The highest BCUT2D eigenvalue weighted by molar-refractivity contribution is 5.87. The Morgan fingerprint density at radius 1 is 0.880 bits per heavy atom. The molecule has 0 aliphatic heterocycles. The van der Waals surface area contributed by atoms with Crippen LogP contribution in [0.4, 0.5) is 0 Å². The molecule has 1 atom stereocenters. The summed E-state index contributed by atoms with van der Waals surface area (Å²) in [6.45, 7) is 13.3. The minimum absolute atomic E-state index is 0.0330. The average Bonchev–Trinajstić information content (AvgIpc) is 2.47. The molecule has 2 heteroatoms. The number of hydrogen-bond acceptors (Lipinski definition) is 2. The van der Waals surface area contributed by atoms with E-state index in [1.54, 1.807) is 0 Å². The third-order valence-electron chi connectivity index (χ3n) is 5.48. The van der Waals surface area contributed by atoms with Gasteiger partial charge in [0, 0.05) is 12.8 Å². The van der Waals surface area contributed by atoms with E-state index in [0.29, 0.717) is 19.3 Å². The van der Waals surface area contributed by atoms with Crippen molar-refractivity contribution >= 4 is 5.78 Å². The summed E-state index contributed by atoms with van der Waals surface area (Å²) < 4.78 is 0. The molecule has 140 valence electrons. The number of rotatable bonds is 2. The molecule has 0 radical (unpaired) electrons. The molecule has 1 N–H and O–H groups in total. The topological polar surface area (TPSA) is 37.3 Å². The molecule has 0 aromatic heterocycles. The van der Waals surface area contributed by atoms with E-state index < -0.39 is 5.60 Å². The fourth-order valence-corrected chi connectivity index (χ4v) is 3.61. The molecule has 1 aromatic rings. The summed E-state index contributed by atoms with van der Waals surface area (Å²) in [5.74, 6) is 0.0330. The Morgan fingerprint density at radius 3 is 1.92 bits per heavy atom. The van der Waals surface area contributed by atoms with Gasteiger partial charge in [-0.15, -0.1) is 0 Å². The molecule has 1 unspecified atom stereocenters. The van der Waals surface area contributed by atoms with Gasteiger partial charge in [0.2, 0.25) is 0 Å². The molecule has 1 fully saturated rings. The molecule has 25 heavy (non-hydrogen) atoms. The van der Waals surface area contributed by atoms with Gasteiger partial charge in [0.05, 0.1) is 0 Å². The fraction of sp³-hybridized carbons (Fsp3) is 0.696. The van der Waals surface area contributed by atoms with Crippen molar-refractivity contribution in [3.8, 4) is 0 Å². The van der Waals surface area contributed by atoms with Gasteiger partial charge < -0.3 is 5.11 Å². The van der Waals surface area contributed by atoms with Crippen molar-refractivity contribution < 1.29 is 9.90 Å². The Morgan fingerprint density at radius 2 is 1.40 bits per heavy atom. The van der Waals surface area contributed by atoms with Gasteiger partial charge in [-0.2, -0.15) is 0 Å². The third kappa shape index (κ3) is 5.17. The predicted molar refractivity (Wildman–Crippen MR) is 105 cm³/mol. The Balaban J connectivity index is 2.41. The molecular formula is C23H36O2. The van der Waals surface area contributed by atoms with E-state index in [9.17, 15) is 9.90 Å². The average molecular weight is 345 g/mol. The summed E-state index contributed by atoms with van der Waals surface area (Å²) in [5.41, 5.74) is 2.54. The molecule has 0 saturated heterocycles. The van der Waals surface area contributed by atoms with Crippen LogP contribution in [0.2, 0.25) is 0 Å². The molecule has 0 spiro atoms. The van der Waals surface area contributed by atoms with Crippen molar-refractivity contribution in [2.45, 2.75) is 103 Å². The summed E-state index contributed by atoms with van der Waals surface area (Å²) in [4.78, 5) is 12.6. The van der Waals surface area contributed by atoms with Crippen molar-refractivity contribution in [2.24, 2.45) is 0 Å². The van der Waals surface area contributed by atoms with Crippen LogP contribution in [0.3, 0.4) is 0 Å². The predicted octanol–water partition coefficient (Wildman–Crippen LogP) is 5.48. The first-order valence-electron chi connectivity index (χ1n) is 9.82. The van der Waals surface area contributed by atoms with Gasteiger partial charge >= 0.3 is 0 Å². The second kappa shape index (κ2) is 7.23. The monoisotopic (exact) mass is 344 g/mol. The van der Waals surface area contributed by atoms with Crippen molar-refractivity contribution in [3.05, 3.63) is 34.9 Å². The Kier molecular flexibility index (Phi) is 5.83. The van der Waals surface area contributed by atoms with Gasteiger partial charge in [-0.25, -0.2) is 0 Å². The molecule has 0 amide bonds. The van der Waals surface area contributed by atoms with Crippen LogP contribution in [-0.4, -0.2) is 16.5 Å². The summed E-state index contributed by atoms with van der Waals surface area (Å²) >= 11 is 0. The largest absolute Gasteiger partial charge is 0.382 e. The van der Waals surface area contributed by atoms with E-state index in [0.717, 1.165) is 31.2 Å². The van der Waals surface area contributed by atoms with Crippen LogP contribution >= 0.6 is 0 Å². The van der Waals surface area contributed by atoms with E-state index in [2.05, 4.69) is 59.7 Å². The zero-order valence-electron chi connectivity index (χ0n) is 17.0. The number of hydrogen-bond donors (Lipinski definition) is 1. The maximum Gasteiger partial charge on any atom is 0.164 e. The lowest BCUT2D eigenvalue weighted by Gasteiger charge is -2.31. The minimum atomic E-state index is -1.19. The molecule has 1 saturated carbocycles. The molecule has 1 aliphatic carbocycles. The molecule has 1 aliphatic rings. The van der Waals surface area contributed by atoms with Gasteiger partial charge in [-0.05, 0) is 40.4 Å². The van der Waals surface area contributed by atoms with Crippen LogP contribution in [0.15, 0.2) is 18.2 Å². The standard InChI is InChI=1S/C23H36O2/c1-21(2,3)18-13-17(14-19(15-18)22(4,5)6)16-23(25)12-10-8-7-9-11-20(23)24/h13-15,25H,7-12,16H2,1-6H3. The van der Waals surface area contributed by atoms with E-state index in [4.69, 9.17) is 0 Å². The molecule has 0 bridgehead atoms. The van der Waals surface area contributed by atoms with Crippen LogP contribution in [0.25, 0.3) is 0 Å². The van der Waals surface area contributed by atoms with Crippen LogP contribution in [0.1, 0.15) is 96.8 Å². The van der Waals surface area contributed by atoms with Crippen LogP contribution in [0, 0.1) is 0 Å². The summed E-state index contributed by atoms with van der Waals surface area (Å²) in [6.07, 6.45) is 5.63. The third-order valence-corrected chi connectivity index (χ3v) is 5.48. The zero-order chi connectivity index (χ0) is 18.9. The molecular weight excluding hydrogens is 308 g/mol. The first kappa shape index (κ1) is 20.2. The Labute approximate surface area is 154 Å². The molecule has 0 heterocycles. The zero-order valence-corrected chi connectivity index (χ0v) is 17.0. The first-order chi connectivity index (χ1) is 11.4. The van der Waals surface area contributed by atoms with Gasteiger partial charge in [0.15, 0.2) is 5.78 Å². The number of carbonyl (C=O) groups is 1. The second-order valence-corrected chi connectivity index (χ2v) is 9.96. The second-order valence-electron chi connectivity index (χ2n) is 9.96. The number of benzene rings is 1. The smallest absolute Gasteiger partial charge is 0.164 e. The van der Waals surface area contributed by atoms with E-state index >= 15 is 0 Å². The van der Waals surface area contributed by atoms with Crippen LogP contribution in [0.5, 0.6) is 0 Å². The van der Waals surface area contributed by atoms with Gasteiger partial charge in [0.25, 0.3) is 0 Å². The van der Waals surface area contributed by atoms with Crippen molar-refractivity contribution in [1.82, 2.24) is 0 Å². The van der Waals surface area contributed by atoms with E-state index in [1.165, 1.54) is 11.1 Å². The maximum atomic E-state index is 12.6. The van der Waals surface area contributed by atoms with Gasteiger partial charge in [-0.1, -0.05) is 79.0 Å². The lowest BCUT2D eigenvalue weighted by Crippen LogP contribution is -2.41. The maximum absolute atomic E-state index is 12.6. The van der Waals surface area contributed by atoms with Crippen molar-refractivity contribution in [3.63, 3.8) is 0 Å². The van der Waals surface area contributed by atoms with E-state index in [1.807, 2.05) is 0 Å². The lowest BCUT2D eigenvalue weighted by molar-refractivity contribution is -0.138. The Hall–Kier alpha value is -1.15. The summed E-state index contributed by atoms with van der Waals surface area (Å²) in [5, 5.41) is 11.1. The molecule has 2 nitrogen and oxygen atoms in total. The Bertz CT molecular complexity index is 584. The minimum Gasteiger partial charge on any atom is -0.382 e. The van der Waals surface area contributed by atoms with Crippen molar-refractivity contribution in [1.29, 1.82) is 0 Å². The van der Waals surface area contributed by atoms with E-state index in [-0.39, 0.29) is 16.6 Å². The first-order valence-corrected chi connectivity index (χ1v) is 9.82. The van der Waals surface area contributed by atoms with Gasteiger partial charge in [0.1, 0.15) is 5.60 Å². The highest BCUT2D eigenvalue weighted by Crippen LogP contribution is 2.33. The van der Waals surface area contributed by atoms with Gasteiger partial charge in [-0.3, -0.25) is 4.79 Å². The fourth-order valence-electron chi connectivity index (χ4n) is 3.61. The normalized spacial score (nSPS) is 23.2. The van der Waals surface area contributed by atoms with Crippen LogP contribution in [-0.2, 0) is 22.0 Å². The number of ketones is 1. The summed E-state index contributed by atoms with van der Waals surface area (Å²) in [7, 11) is 0. The lowest BCUT2D eigenvalue weighted by atomic mass is 9.76. The molecule has 2 rings (SSSR count). The highest BCUT2D eigenvalue weighted by atomic mass is 16.3. The number of Topliss-reactive ketones (excluding diaryl/α,β-unsaturated/α-hetero) is 1. The summed E-state index contributed by atoms with van der Waals surface area (Å²) in [6, 6.07) is 6.67. The number of carbonyl (C=O) groups excluding carboxylic acids is 1. The van der Waals surface area contributed by atoms with Crippen LogP contribution < -0.4 is 0 Å².